The van der Waals surface area contributed by atoms with E-state index in [9.17, 15) is 9.59 Å². The van der Waals surface area contributed by atoms with Crippen molar-refractivity contribution in [2.45, 2.75) is 67.2 Å². The maximum atomic E-state index is 12.0. The Balaban J connectivity index is 2.67. The summed E-state index contributed by atoms with van der Waals surface area (Å²) in [5, 5.41) is 1.27. The normalized spacial score (nSPS) is 11.2. The largest absolute Gasteiger partial charge is 0.486 e. The lowest BCUT2D eigenvalue weighted by Gasteiger charge is -2.22. The van der Waals surface area contributed by atoms with Gasteiger partial charge in [-0.2, -0.15) is 0 Å². The molecule has 0 aliphatic carbocycles. The molecule has 0 heterocycles. The van der Waals surface area contributed by atoms with Crippen LogP contribution in [0, 0.1) is 11.8 Å². The van der Waals surface area contributed by atoms with E-state index in [0.29, 0.717) is 40.8 Å². The van der Waals surface area contributed by atoms with Crippen molar-refractivity contribution in [1.82, 2.24) is 0 Å². The first-order valence-electron chi connectivity index (χ1n) is 11.5. The molecule has 0 N–H and O–H groups in total. The van der Waals surface area contributed by atoms with Gasteiger partial charge >= 0.3 is 11.9 Å². The molecule has 0 aliphatic rings. The van der Waals surface area contributed by atoms with Crippen LogP contribution in [0.25, 0.3) is 10.8 Å². The van der Waals surface area contributed by atoms with E-state index in [1.165, 1.54) is 13.8 Å². The van der Waals surface area contributed by atoms with E-state index >= 15 is 0 Å². The highest BCUT2D eigenvalue weighted by Gasteiger charge is 2.28. The first-order valence-corrected chi connectivity index (χ1v) is 11.9. The quantitative estimate of drug-likeness (QED) is 0.186. The highest BCUT2D eigenvalue weighted by Crippen LogP contribution is 2.53. The van der Waals surface area contributed by atoms with Crippen LogP contribution in [-0.4, -0.2) is 25.2 Å². The van der Waals surface area contributed by atoms with Gasteiger partial charge in [-0.25, -0.2) is 0 Å². The summed E-state index contributed by atoms with van der Waals surface area (Å²) in [6, 6.07) is 5.16. The standard InChI is InChI=1S/C26H35ClO6/c1-16(2)10-8-14-30-25-23(32-18(5)28)20-12-7-13-21(27)22(20)24(33-19(6)29)26(25)31-15-9-11-17(3)4/h7,12-13,16-17H,8-11,14-15H2,1-6H3. The third-order valence-electron chi connectivity index (χ3n) is 4.94. The summed E-state index contributed by atoms with van der Waals surface area (Å²) in [4.78, 5) is 24.0. The maximum absolute atomic E-state index is 12.0. The zero-order valence-electron chi connectivity index (χ0n) is 20.5. The van der Waals surface area contributed by atoms with Gasteiger partial charge < -0.3 is 18.9 Å². The van der Waals surface area contributed by atoms with E-state index in [2.05, 4.69) is 27.7 Å². The minimum Gasteiger partial charge on any atom is -0.486 e. The predicted molar refractivity (Wildman–Crippen MR) is 131 cm³/mol. The molecule has 6 nitrogen and oxygen atoms in total. The van der Waals surface area contributed by atoms with E-state index in [0.717, 1.165) is 25.7 Å². The monoisotopic (exact) mass is 478 g/mol. The number of esters is 2. The number of halogens is 1. The van der Waals surface area contributed by atoms with Gasteiger partial charge in [-0.05, 0) is 43.6 Å². The van der Waals surface area contributed by atoms with Crippen molar-refractivity contribution in [2.24, 2.45) is 11.8 Å². The summed E-state index contributed by atoms with van der Waals surface area (Å²) in [6.07, 6.45) is 3.55. The van der Waals surface area contributed by atoms with Crippen LogP contribution in [0.4, 0.5) is 0 Å². The lowest BCUT2D eigenvalue weighted by Crippen LogP contribution is -2.12. The highest BCUT2D eigenvalue weighted by atomic mass is 35.5. The van der Waals surface area contributed by atoms with E-state index < -0.39 is 11.9 Å². The Bertz CT molecular complexity index is 967. The fourth-order valence-corrected chi connectivity index (χ4v) is 3.73. The van der Waals surface area contributed by atoms with Gasteiger partial charge in [0.1, 0.15) is 0 Å². The van der Waals surface area contributed by atoms with Gasteiger partial charge in [0.2, 0.25) is 11.5 Å². The Morgan fingerprint density at radius 3 is 1.76 bits per heavy atom. The molecule has 0 amide bonds. The molecule has 2 rings (SSSR count). The zero-order chi connectivity index (χ0) is 24.5. The predicted octanol–water partition coefficient (Wildman–Crippen LogP) is 6.97. The third-order valence-corrected chi connectivity index (χ3v) is 5.25. The average Bonchev–Trinajstić information content (AvgIpc) is 2.70. The van der Waals surface area contributed by atoms with Crippen molar-refractivity contribution in [3.05, 3.63) is 23.2 Å². The molecule has 0 radical (unpaired) electrons. The van der Waals surface area contributed by atoms with Gasteiger partial charge in [-0.15, -0.1) is 0 Å². The number of hydrogen-bond acceptors (Lipinski definition) is 6. The molecule has 0 fully saturated rings. The lowest BCUT2D eigenvalue weighted by atomic mass is 10.1. The van der Waals surface area contributed by atoms with Crippen molar-refractivity contribution in [1.29, 1.82) is 0 Å². The molecule has 0 aliphatic heterocycles. The molecule has 0 unspecified atom stereocenters. The van der Waals surface area contributed by atoms with Crippen LogP contribution in [0.2, 0.25) is 5.02 Å². The highest BCUT2D eigenvalue weighted by molar-refractivity contribution is 6.36. The van der Waals surface area contributed by atoms with Gasteiger partial charge in [0, 0.05) is 19.2 Å². The van der Waals surface area contributed by atoms with Crippen LogP contribution < -0.4 is 18.9 Å². The third kappa shape index (κ3) is 7.81. The fraction of sp³-hybridized carbons (Fsp3) is 0.538. The Labute approximate surface area is 201 Å². The van der Waals surface area contributed by atoms with Crippen LogP contribution >= 0.6 is 11.6 Å². The summed E-state index contributed by atoms with van der Waals surface area (Å²) in [5.41, 5.74) is 0. The second kappa shape index (κ2) is 12.7. The van der Waals surface area contributed by atoms with Gasteiger partial charge in [-0.1, -0.05) is 51.4 Å². The second-order valence-electron chi connectivity index (χ2n) is 8.94. The second-order valence-corrected chi connectivity index (χ2v) is 9.34. The molecular weight excluding hydrogens is 444 g/mol. The smallest absolute Gasteiger partial charge is 0.308 e. The summed E-state index contributed by atoms with van der Waals surface area (Å²) in [6.45, 7) is 12.0. The molecule has 7 heteroatoms. The molecular formula is C26H35ClO6. The maximum Gasteiger partial charge on any atom is 0.308 e. The summed E-state index contributed by atoms with van der Waals surface area (Å²) < 4.78 is 23.5. The average molecular weight is 479 g/mol. The van der Waals surface area contributed by atoms with E-state index in [4.69, 9.17) is 30.5 Å². The van der Waals surface area contributed by atoms with Crippen molar-refractivity contribution in [3.8, 4) is 23.0 Å². The number of ether oxygens (including phenoxy) is 4. The molecule has 2 aromatic carbocycles. The van der Waals surface area contributed by atoms with Crippen LogP contribution in [-0.2, 0) is 9.59 Å². The van der Waals surface area contributed by atoms with Gasteiger partial charge in [0.15, 0.2) is 11.5 Å². The van der Waals surface area contributed by atoms with Gasteiger partial charge in [-0.3, -0.25) is 9.59 Å². The minimum absolute atomic E-state index is 0.169. The summed E-state index contributed by atoms with van der Waals surface area (Å²) in [5.74, 6) is 0.862. The van der Waals surface area contributed by atoms with E-state index in [-0.39, 0.29) is 23.0 Å². The number of hydrogen-bond donors (Lipinski definition) is 0. The molecule has 33 heavy (non-hydrogen) atoms. The Morgan fingerprint density at radius 1 is 0.788 bits per heavy atom. The van der Waals surface area contributed by atoms with E-state index in [1.54, 1.807) is 18.2 Å². The van der Waals surface area contributed by atoms with Gasteiger partial charge in [0.05, 0.1) is 23.6 Å². The number of benzene rings is 2. The Hall–Kier alpha value is -2.47. The fourth-order valence-electron chi connectivity index (χ4n) is 3.47. The minimum atomic E-state index is -0.519. The van der Waals surface area contributed by atoms with Crippen molar-refractivity contribution in [3.63, 3.8) is 0 Å². The number of fused-ring (bicyclic) bond motifs is 1. The van der Waals surface area contributed by atoms with Crippen LogP contribution in [0.5, 0.6) is 23.0 Å². The molecule has 2 aromatic rings. The molecule has 0 spiro atoms. The molecule has 0 aromatic heterocycles. The van der Waals surface area contributed by atoms with Crippen LogP contribution in [0.15, 0.2) is 18.2 Å². The lowest BCUT2D eigenvalue weighted by molar-refractivity contribution is -0.133. The van der Waals surface area contributed by atoms with Crippen LogP contribution in [0.3, 0.4) is 0 Å². The molecule has 0 saturated heterocycles. The SMILES string of the molecule is CC(=O)Oc1c(OCCCC(C)C)c(OCCCC(C)C)c(OC(C)=O)c2c(Cl)cccc12. The topological polar surface area (TPSA) is 71.1 Å². The van der Waals surface area contributed by atoms with Crippen molar-refractivity contribution >= 4 is 34.3 Å². The molecule has 0 bridgehead atoms. The molecule has 0 atom stereocenters. The Morgan fingerprint density at radius 2 is 1.27 bits per heavy atom. The summed E-state index contributed by atoms with van der Waals surface area (Å²) >= 11 is 6.51. The van der Waals surface area contributed by atoms with Crippen molar-refractivity contribution in [2.75, 3.05) is 13.2 Å². The zero-order valence-corrected chi connectivity index (χ0v) is 21.2. The molecule has 0 saturated carbocycles. The van der Waals surface area contributed by atoms with Crippen molar-refractivity contribution < 1.29 is 28.5 Å². The van der Waals surface area contributed by atoms with Crippen LogP contribution in [0.1, 0.15) is 67.2 Å². The number of carbonyl (C=O) groups excluding carboxylic acids is 2. The van der Waals surface area contributed by atoms with Gasteiger partial charge in [0.25, 0.3) is 0 Å². The molecule has 182 valence electrons. The summed E-state index contributed by atoms with van der Waals surface area (Å²) in [7, 11) is 0. The first kappa shape index (κ1) is 26.8. The van der Waals surface area contributed by atoms with E-state index in [1.807, 2.05) is 0 Å². The first-order chi connectivity index (χ1) is 15.6. The Kier molecular flexibility index (Phi) is 10.3. The number of carbonyl (C=O) groups is 2. The number of rotatable bonds is 12.